The maximum Gasteiger partial charge on any atom is 0.269 e. The van der Waals surface area contributed by atoms with Crippen molar-refractivity contribution in [2.24, 2.45) is 0 Å². The van der Waals surface area contributed by atoms with Gasteiger partial charge < -0.3 is 5.32 Å². The third-order valence-corrected chi connectivity index (χ3v) is 2.17. The van der Waals surface area contributed by atoms with Crippen molar-refractivity contribution in [3.63, 3.8) is 0 Å². The van der Waals surface area contributed by atoms with Crippen LogP contribution in [-0.2, 0) is 0 Å². The van der Waals surface area contributed by atoms with Crippen molar-refractivity contribution in [1.82, 2.24) is 15.1 Å². The van der Waals surface area contributed by atoms with Crippen molar-refractivity contribution in [1.29, 1.82) is 0 Å². The second-order valence-electron chi connectivity index (χ2n) is 3.18. The van der Waals surface area contributed by atoms with Gasteiger partial charge in [-0.2, -0.15) is 5.10 Å². The SMILES string of the molecule is Cc1cnn2c1C(=O)NCC2C. The van der Waals surface area contributed by atoms with Gasteiger partial charge in [-0.3, -0.25) is 9.48 Å². The lowest BCUT2D eigenvalue weighted by atomic mass is 10.2. The highest BCUT2D eigenvalue weighted by Crippen LogP contribution is 2.16. The summed E-state index contributed by atoms with van der Waals surface area (Å²) in [5.74, 6) is -0.0110. The van der Waals surface area contributed by atoms with Gasteiger partial charge in [0.05, 0.1) is 12.2 Å². The number of aryl methyl sites for hydroxylation is 1. The summed E-state index contributed by atoms with van der Waals surface area (Å²) in [6, 6.07) is 0.270. The van der Waals surface area contributed by atoms with Crippen LogP contribution in [0.1, 0.15) is 29.0 Å². The molecule has 0 aromatic carbocycles. The van der Waals surface area contributed by atoms with E-state index in [0.29, 0.717) is 12.2 Å². The summed E-state index contributed by atoms with van der Waals surface area (Å²) in [6.07, 6.45) is 1.73. The van der Waals surface area contributed by atoms with Crippen LogP contribution in [0.4, 0.5) is 0 Å². The molecular weight excluding hydrogens is 154 g/mol. The summed E-state index contributed by atoms with van der Waals surface area (Å²) in [5.41, 5.74) is 1.65. The van der Waals surface area contributed by atoms with Crippen LogP contribution in [-0.4, -0.2) is 22.2 Å². The van der Waals surface area contributed by atoms with Crippen LogP contribution in [0.15, 0.2) is 6.20 Å². The number of nitrogens with one attached hydrogen (secondary N) is 1. The molecule has 1 atom stereocenters. The van der Waals surface area contributed by atoms with Gasteiger partial charge in [0.15, 0.2) is 0 Å². The molecule has 1 aliphatic rings. The van der Waals surface area contributed by atoms with Gasteiger partial charge in [-0.25, -0.2) is 0 Å². The molecule has 0 saturated heterocycles. The van der Waals surface area contributed by atoms with Crippen LogP contribution in [0.5, 0.6) is 0 Å². The van der Waals surface area contributed by atoms with Crippen molar-refractivity contribution in [3.8, 4) is 0 Å². The minimum atomic E-state index is -0.0110. The van der Waals surface area contributed by atoms with Gasteiger partial charge >= 0.3 is 0 Å². The summed E-state index contributed by atoms with van der Waals surface area (Å²) >= 11 is 0. The van der Waals surface area contributed by atoms with E-state index in [1.165, 1.54) is 0 Å². The van der Waals surface area contributed by atoms with E-state index in [9.17, 15) is 4.79 Å². The summed E-state index contributed by atoms with van der Waals surface area (Å²) in [4.78, 5) is 11.3. The summed E-state index contributed by atoms with van der Waals surface area (Å²) in [5, 5.41) is 6.96. The molecule has 0 aliphatic carbocycles. The Kier molecular flexibility index (Phi) is 1.43. The molecule has 1 N–H and O–H groups in total. The quantitative estimate of drug-likeness (QED) is 0.608. The fourth-order valence-corrected chi connectivity index (χ4v) is 1.48. The summed E-state index contributed by atoms with van der Waals surface area (Å²) in [6.45, 7) is 4.61. The van der Waals surface area contributed by atoms with Crippen LogP contribution in [0.2, 0.25) is 0 Å². The van der Waals surface area contributed by atoms with E-state index in [1.54, 1.807) is 10.9 Å². The molecule has 0 saturated carbocycles. The fourth-order valence-electron chi connectivity index (χ4n) is 1.48. The number of carbonyl (C=O) groups excluding carboxylic acids is 1. The summed E-state index contributed by atoms with van der Waals surface area (Å²) < 4.78 is 1.79. The molecular formula is C8H11N3O. The molecule has 12 heavy (non-hydrogen) atoms. The lowest BCUT2D eigenvalue weighted by Gasteiger charge is -2.21. The molecule has 0 radical (unpaired) electrons. The number of carbonyl (C=O) groups is 1. The van der Waals surface area contributed by atoms with Gasteiger partial charge in [-0.05, 0) is 19.4 Å². The van der Waals surface area contributed by atoms with E-state index in [-0.39, 0.29) is 11.9 Å². The molecule has 0 fully saturated rings. The second-order valence-corrected chi connectivity index (χ2v) is 3.18. The first kappa shape index (κ1) is 7.34. The Morgan fingerprint density at radius 2 is 2.50 bits per heavy atom. The van der Waals surface area contributed by atoms with Gasteiger partial charge in [-0.1, -0.05) is 0 Å². The van der Waals surface area contributed by atoms with Crippen LogP contribution >= 0.6 is 0 Å². The third kappa shape index (κ3) is 0.841. The minimum absolute atomic E-state index is 0.0110. The zero-order valence-electron chi connectivity index (χ0n) is 7.16. The zero-order valence-corrected chi connectivity index (χ0v) is 7.16. The summed E-state index contributed by atoms with van der Waals surface area (Å²) in [7, 11) is 0. The molecule has 1 aromatic rings. The average molecular weight is 165 g/mol. The van der Waals surface area contributed by atoms with E-state index in [0.717, 1.165) is 5.56 Å². The molecule has 0 spiro atoms. The largest absolute Gasteiger partial charge is 0.349 e. The Morgan fingerprint density at radius 1 is 1.75 bits per heavy atom. The van der Waals surface area contributed by atoms with Gasteiger partial charge in [0.2, 0.25) is 0 Å². The first-order valence-corrected chi connectivity index (χ1v) is 4.02. The minimum Gasteiger partial charge on any atom is -0.349 e. The lowest BCUT2D eigenvalue weighted by molar-refractivity contribution is 0.0912. The predicted octanol–water partition coefficient (Wildman–Crippen LogP) is 0.496. The number of fused-ring (bicyclic) bond motifs is 1. The monoisotopic (exact) mass is 165 g/mol. The predicted molar refractivity (Wildman–Crippen MR) is 44.0 cm³/mol. The van der Waals surface area contributed by atoms with Gasteiger partial charge in [0, 0.05) is 6.54 Å². The van der Waals surface area contributed by atoms with Crippen molar-refractivity contribution < 1.29 is 4.79 Å². The van der Waals surface area contributed by atoms with E-state index in [4.69, 9.17) is 0 Å². The molecule has 0 bridgehead atoms. The first-order valence-electron chi connectivity index (χ1n) is 4.02. The van der Waals surface area contributed by atoms with E-state index in [1.807, 2.05) is 13.8 Å². The second kappa shape index (κ2) is 2.33. The number of hydrogen-bond acceptors (Lipinski definition) is 2. The molecule has 4 nitrogen and oxygen atoms in total. The number of nitrogens with zero attached hydrogens (tertiary/aromatic N) is 2. The average Bonchev–Trinajstić information content (AvgIpc) is 2.42. The smallest absolute Gasteiger partial charge is 0.269 e. The first-order chi connectivity index (χ1) is 5.70. The Bertz CT molecular complexity index is 329. The van der Waals surface area contributed by atoms with Crippen LogP contribution in [0.25, 0.3) is 0 Å². The Hall–Kier alpha value is -1.32. The number of amides is 1. The number of hydrogen-bond donors (Lipinski definition) is 1. The topological polar surface area (TPSA) is 46.9 Å². The van der Waals surface area contributed by atoms with Crippen molar-refractivity contribution >= 4 is 5.91 Å². The van der Waals surface area contributed by atoms with Gasteiger partial charge in [0.25, 0.3) is 5.91 Å². The van der Waals surface area contributed by atoms with Gasteiger partial charge in [0.1, 0.15) is 5.69 Å². The highest BCUT2D eigenvalue weighted by atomic mass is 16.2. The Morgan fingerprint density at radius 3 is 3.17 bits per heavy atom. The maximum absolute atomic E-state index is 11.3. The molecule has 1 unspecified atom stereocenters. The molecule has 2 rings (SSSR count). The molecule has 1 aromatic heterocycles. The Balaban J connectivity index is 2.57. The molecule has 64 valence electrons. The number of rotatable bonds is 0. The third-order valence-electron chi connectivity index (χ3n) is 2.17. The highest BCUT2D eigenvalue weighted by Gasteiger charge is 2.24. The van der Waals surface area contributed by atoms with E-state index >= 15 is 0 Å². The van der Waals surface area contributed by atoms with E-state index in [2.05, 4.69) is 10.4 Å². The fraction of sp³-hybridized carbons (Fsp3) is 0.500. The van der Waals surface area contributed by atoms with Crippen LogP contribution in [0, 0.1) is 6.92 Å². The van der Waals surface area contributed by atoms with Crippen LogP contribution in [0.3, 0.4) is 0 Å². The van der Waals surface area contributed by atoms with Crippen molar-refractivity contribution in [2.45, 2.75) is 19.9 Å². The van der Waals surface area contributed by atoms with E-state index < -0.39 is 0 Å². The van der Waals surface area contributed by atoms with Crippen molar-refractivity contribution in [3.05, 3.63) is 17.5 Å². The van der Waals surface area contributed by atoms with Gasteiger partial charge in [-0.15, -0.1) is 0 Å². The maximum atomic E-state index is 11.3. The standard InChI is InChI=1S/C8H11N3O/c1-5-3-10-11-6(2)4-9-8(12)7(5)11/h3,6H,4H2,1-2H3,(H,9,12). The lowest BCUT2D eigenvalue weighted by Crippen LogP contribution is -2.38. The van der Waals surface area contributed by atoms with Crippen molar-refractivity contribution in [2.75, 3.05) is 6.54 Å². The molecule has 1 aliphatic heterocycles. The Labute approximate surface area is 70.6 Å². The molecule has 2 heterocycles. The normalized spacial score (nSPS) is 21.8. The number of aromatic nitrogens is 2. The molecule has 1 amide bonds. The highest BCUT2D eigenvalue weighted by molar-refractivity contribution is 5.94. The van der Waals surface area contributed by atoms with Crippen LogP contribution < -0.4 is 5.32 Å². The molecule has 4 heteroatoms. The zero-order chi connectivity index (χ0) is 8.72.